The summed E-state index contributed by atoms with van der Waals surface area (Å²) in [5.41, 5.74) is 1.63. The molecule has 3 aromatic rings. The molecule has 1 fully saturated rings. The Bertz CT molecular complexity index is 1520. The Kier molecular flexibility index (Phi) is 8.48. The van der Waals surface area contributed by atoms with E-state index in [1.54, 1.807) is 14.0 Å². The third-order valence-electron chi connectivity index (χ3n) is 6.02. The molecule has 5 heterocycles. The van der Waals surface area contributed by atoms with Gasteiger partial charge in [-0.15, -0.1) is 23.1 Å². The Labute approximate surface area is 245 Å². The number of rotatable bonds is 11. The SMILES string of the molecule is CCO/N=C(\C(=O)C[C@@H]1C(=O)N2C(C(=O)O)=C(Sc3nc(-c4cc[n+](C)cc4)cs3)CS[C@H]12)c1nsc(NC)n1. The molecular formula is C24H24N7O5S4+. The average molecular weight is 619 g/mol. The molecule has 3 aromatic heterocycles. The van der Waals surface area contributed by atoms with Gasteiger partial charge >= 0.3 is 5.97 Å². The number of amides is 1. The van der Waals surface area contributed by atoms with Gasteiger partial charge in [0.15, 0.2) is 28.2 Å². The van der Waals surface area contributed by atoms with Crippen molar-refractivity contribution in [2.24, 2.45) is 18.1 Å². The number of aryl methyl sites for hydroxylation is 1. The summed E-state index contributed by atoms with van der Waals surface area (Å²) in [5.74, 6) is -2.26. The number of pyridine rings is 1. The van der Waals surface area contributed by atoms with E-state index in [0.29, 0.717) is 20.1 Å². The molecule has 5 rings (SSSR count). The number of anilines is 1. The third kappa shape index (κ3) is 5.61. The Morgan fingerprint density at radius 1 is 1.32 bits per heavy atom. The maximum atomic E-state index is 13.2. The normalized spacial score (nSPS) is 18.8. The highest BCUT2D eigenvalue weighted by Gasteiger charge is 2.54. The summed E-state index contributed by atoms with van der Waals surface area (Å²) in [4.78, 5) is 54.5. The van der Waals surface area contributed by atoms with Crippen molar-refractivity contribution >= 4 is 74.9 Å². The predicted octanol–water partition coefficient (Wildman–Crippen LogP) is 2.85. The van der Waals surface area contributed by atoms with Gasteiger partial charge in [-0.1, -0.05) is 16.9 Å². The third-order valence-corrected chi connectivity index (χ3v) is 10.3. The molecule has 208 valence electrons. The molecule has 2 aliphatic heterocycles. The monoisotopic (exact) mass is 618 g/mol. The second-order valence-electron chi connectivity index (χ2n) is 8.60. The van der Waals surface area contributed by atoms with E-state index in [0.717, 1.165) is 22.8 Å². The number of hydrogen-bond acceptors (Lipinski definition) is 13. The van der Waals surface area contributed by atoms with Gasteiger partial charge in [-0.25, -0.2) is 14.3 Å². The van der Waals surface area contributed by atoms with Crippen LogP contribution in [0.5, 0.6) is 0 Å². The number of nitrogens with one attached hydrogen (secondary N) is 1. The van der Waals surface area contributed by atoms with Crippen molar-refractivity contribution in [3.63, 3.8) is 0 Å². The van der Waals surface area contributed by atoms with Gasteiger partial charge in [-0.3, -0.25) is 14.5 Å². The fourth-order valence-electron chi connectivity index (χ4n) is 4.08. The minimum atomic E-state index is -1.19. The summed E-state index contributed by atoms with van der Waals surface area (Å²) in [6.07, 6.45) is 3.70. The zero-order valence-corrected chi connectivity index (χ0v) is 24.8. The van der Waals surface area contributed by atoms with E-state index in [4.69, 9.17) is 4.84 Å². The molecule has 0 radical (unpaired) electrons. The van der Waals surface area contributed by atoms with Gasteiger partial charge in [0.1, 0.15) is 19.4 Å². The van der Waals surface area contributed by atoms with Gasteiger partial charge in [0.25, 0.3) is 0 Å². The van der Waals surface area contributed by atoms with Crippen molar-refractivity contribution in [1.82, 2.24) is 19.2 Å². The second-order valence-corrected chi connectivity index (χ2v) is 12.7. The summed E-state index contributed by atoms with van der Waals surface area (Å²) in [7, 11) is 3.62. The molecule has 2 aliphatic rings. The number of β-lactam (4-membered cyclic amide) rings is 1. The Morgan fingerprint density at radius 3 is 2.77 bits per heavy atom. The number of carboxylic acids is 1. The van der Waals surface area contributed by atoms with Crippen molar-refractivity contribution in [3.05, 3.63) is 46.3 Å². The molecule has 0 unspecified atom stereocenters. The van der Waals surface area contributed by atoms with Gasteiger partial charge < -0.3 is 15.3 Å². The lowest BCUT2D eigenvalue weighted by Gasteiger charge is -2.49. The van der Waals surface area contributed by atoms with Crippen LogP contribution in [-0.2, 0) is 26.3 Å². The van der Waals surface area contributed by atoms with E-state index in [-0.39, 0.29) is 30.3 Å². The first-order valence-corrected chi connectivity index (χ1v) is 15.6. The molecule has 40 heavy (non-hydrogen) atoms. The van der Waals surface area contributed by atoms with Crippen LogP contribution < -0.4 is 9.88 Å². The van der Waals surface area contributed by atoms with Crippen LogP contribution in [0.1, 0.15) is 19.2 Å². The number of oxime groups is 1. The Hall–Kier alpha value is -3.34. The lowest BCUT2D eigenvalue weighted by atomic mass is 9.90. The van der Waals surface area contributed by atoms with E-state index in [9.17, 15) is 19.5 Å². The average Bonchev–Trinajstić information content (AvgIpc) is 3.62. The van der Waals surface area contributed by atoms with Crippen LogP contribution in [0.2, 0.25) is 0 Å². The van der Waals surface area contributed by atoms with Crippen LogP contribution >= 0.6 is 46.4 Å². The van der Waals surface area contributed by atoms with Gasteiger partial charge in [0, 0.05) is 58.7 Å². The number of carboxylic acid groups (broad SMARTS) is 1. The second kappa shape index (κ2) is 12.0. The van der Waals surface area contributed by atoms with Crippen LogP contribution in [0, 0.1) is 5.92 Å². The number of aromatic nitrogens is 4. The van der Waals surface area contributed by atoms with E-state index < -0.39 is 29.0 Å². The van der Waals surface area contributed by atoms with Crippen molar-refractivity contribution in [2.45, 2.75) is 23.1 Å². The summed E-state index contributed by atoms with van der Waals surface area (Å²) in [6, 6.07) is 3.92. The van der Waals surface area contributed by atoms with Gasteiger partial charge in [0.2, 0.25) is 16.9 Å². The number of aliphatic carboxylic acids is 1. The molecule has 0 spiro atoms. The standard InChI is InChI=1S/C24H23N7O5S4/c1-4-36-28-17(19-27-23(25-2)40-29-19)15(32)9-13-20(33)31-18(22(34)35)16(11-37-21(13)31)39-24-26-14(10-38-24)12-5-7-30(3)8-6-12/h5-8,10,13,21H,4,9,11H2,1-3H3,(H-,25,27,29,34,35)/p+1/b28-17+/t13-,21-/m1/s1. The number of carbonyl (C=O) groups excluding carboxylic acids is 2. The minimum absolute atomic E-state index is 0.0611. The number of hydrogen-bond donors (Lipinski definition) is 2. The van der Waals surface area contributed by atoms with Crippen molar-refractivity contribution in [1.29, 1.82) is 0 Å². The highest BCUT2D eigenvalue weighted by atomic mass is 32.2. The van der Waals surface area contributed by atoms with E-state index in [1.165, 1.54) is 39.8 Å². The van der Waals surface area contributed by atoms with Gasteiger partial charge in [-0.05, 0) is 6.92 Å². The first-order valence-electron chi connectivity index (χ1n) is 12.1. The number of thioether (sulfide) groups is 2. The molecule has 1 amide bonds. The molecule has 2 N–H and O–H groups in total. The number of thiazole rings is 1. The first-order chi connectivity index (χ1) is 19.3. The maximum Gasteiger partial charge on any atom is 0.353 e. The molecule has 0 aromatic carbocycles. The van der Waals surface area contributed by atoms with Crippen molar-refractivity contribution in [3.8, 4) is 11.3 Å². The smallest absolute Gasteiger partial charge is 0.353 e. The minimum Gasteiger partial charge on any atom is -0.477 e. The largest absolute Gasteiger partial charge is 0.477 e. The van der Waals surface area contributed by atoms with Crippen LogP contribution in [0.3, 0.4) is 0 Å². The molecule has 1 saturated heterocycles. The summed E-state index contributed by atoms with van der Waals surface area (Å²) in [6.45, 7) is 1.97. The Balaban J connectivity index is 1.32. The van der Waals surface area contributed by atoms with Gasteiger partial charge in [0.05, 0.1) is 17.0 Å². The van der Waals surface area contributed by atoms with E-state index in [1.807, 2.05) is 41.5 Å². The fourth-order valence-corrected chi connectivity index (χ4v) is 8.13. The van der Waals surface area contributed by atoms with Gasteiger partial charge in [-0.2, -0.15) is 9.36 Å². The van der Waals surface area contributed by atoms with E-state index >= 15 is 0 Å². The van der Waals surface area contributed by atoms with Crippen LogP contribution in [0.25, 0.3) is 11.3 Å². The first kappa shape index (κ1) is 28.2. The number of carbonyl (C=O) groups is 3. The predicted molar refractivity (Wildman–Crippen MR) is 153 cm³/mol. The van der Waals surface area contributed by atoms with Crippen molar-refractivity contribution in [2.75, 3.05) is 24.7 Å². The lowest BCUT2D eigenvalue weighted by molar-refractivity contribution is -0.671. The van der Waals surface area contributed by atoms with E-state index in [2.05, 4.69) is 24.8 Å². The van der Waals surface area contributed by atoms with Crippen molar-refractivity contribution < 1.29 is 28.9 Å². The molecule has 2 atom stereocenters. The number of fused-ring (bicyclic) bond motifs is 1. The van der Waals surface area contributed by atoms with Crippen LogP contribution in [0.15, 0.2) is 50.0 Å². The maximum absolute atomic E-state index is 13.2. The fraction of sp³-hybridized carbons (Fsp3) is 0.333. The quantitative estimate of drug-likeness (QED) is 0.141. The zero-order chi connectivity index (χ0) is 28.4. The van der Waals surface area contributed by atoms with Crippen LogP contribution in [0.4, 0.5) is 5.13 Å². The topological polar surface area (TPSA) is 151 Å². The summed E-state index contributed by atoms with van der Waals surface area (Å²) in [5, 5.41) is 18.8. The molecule has 0 aliphatic carbocycles. The molecule has 0 bridgehead atoms. The number of Topliss-reactive ketones (excluding diaryl/α,β-unsaturated/α-hetero) is 1. The van der Waals surface area contributed by atoms with Crippen LogP contribution in [-0.4, -0.2) is 72.5 Å². The highest BCUT2D eigenvalue weighted by Crippen LogP contribution is 2.49. The number of nitrogens with zero attached hydrogens (tertiary/aromatic N) is 6. The molecule has 16 heteroatoms. The summed E-state index contributed by atoms with van der Waals surface area (Å²) < 4.78 is 6.78. The Morgan fingerprint density at radius 2 is 2.10 bits per heavy atom. The molecule has 12 nitrogen and oxygen atoms in total. The molecular weight excluding hydrogens is 595 g/mol. The lowest BCUT2D eigenvalue weighted by Crippen LogP contribution is -2.61. The highest BCUT2D eigenvalue weighted by molar-refractivity contribution is 8.07. The zero-order valence-electron chi connectivity index (χ0n) is 21.6. The summed E-state index contributed by atoms with van der Waals surface area (Å²) >= 11 is 5.17. The number of ketones is 1. The molecule has 0 saturated carbocycles.